The Bertz CT molecular complexity index is 746. The predicted molar refractivity (Wildman–Crippen MR) is 83.0 cm³/mol. The highest BCUT2D eigenvalue weighted by molar-refractivity contribution is 7.90. The number of hydrogen-bond donors (Lipinski definition) is 1. The molecule has 2 rings (SSSR count). The van der Waals surface area contributed by atoms with Gasteiger partial charge in [0.15, 0.2) is 9.84 Å². The number of sulfonamides is 1. The molecule has 1 saturated heterocycles. The quantitative estimate of drug-likeness (QED) is 0.838. The van der Waals surface area contributed by atoms with Crippen molar-refractivity contribution < 1.29 is 21.2 Å². The molecule has 1 fully saturated rings. The summed E-state index contributed by atoms with van der Waals surface area (Å²) < 4.78 is 62.6. The van der Waals surface area contributed by atoms with Crippen LogP contribution in [0.3, 0.4) is 0 Å². The molecule has 0 aliphatic carbocycles. The molecule has 10 heteroatoms. The number of sulfone groups is 1. The lowest BCUT2D eigenvalue weighted by molar-refractivity contribution is 0.387. The Hall–Kier alpha value is -0.740. The highest BCUT2D eigenvalue weighted by atomic mass is 35.5. The van der Waals surface area contributed by atoms with Crippen LogP contribution < -0.4 is 5.32 Å². The summed E-state index contributed by atoms with van der Waals surface area (Å²) in [7, 11) is -6.13. The zero-order valence-corrected chi connectivity index (χ0v) is 14.6. The third kappa shape index (κ3) is 3.77. The number of nitrogens with zero attached hydrogens (tertiary/aromatic N) is 1. The molecule has 6 nitrogen and oxygen atoms in total. The standard InChI is InChI=1S/C12H17FN2O4S2.ClH/c1-15(9-5-6-14-8-9)21(18,19)10-3-4-12(11(13)7-10)20(2,16)17;/h3-4,7,9,14H,5-6,8H2,1-2H3;1H. The van der Waals surface area contributed by atoms with Crippen LogP contribution in [0.25, 0.3) is 0 Å². The fourth-order valence-corrected chi connectivity index (χ4v) is 4.38. The van der Waals surface area contributed by atoms with Crippen LogP contribution >= 0.6 is 12.4 Å². The van der Waals surface area contributed by atoms with E-state index in [0.717, 1.165) is 31.0 Å². The summed E-state index contributed by atoms with van der Waals surface area (Å²) >= 11 is 0. The number of likely N-dealkylation sites (N-methyl/N-ethyl adjacent to an activating group) is 1. The van der Waals surface area contributed by atoms with Crippen molar-refractivity contribution in [3.63, 3.8) is 0 Å². The van der Waals surface area contributed by atoms with E-state index in [4.69, 9.17) is 0 Å². The Labute approximate surface area is 136 Å². The smallest absolute Gasteiger partial charge is 0.243 e. The number of halogens is 2. The van der Waals surface area contributed by atoms with Crippen LogP contribution in [-0.4, -0.2) is 53.6 Å². The molecule has 0 amide bonds. The molecule has 126 valence electrons. The van der Waals surface area contributed by atoms with Gasteiger partial charge >= 0.3 is 0 Å². The Kier molecular flexibility index (Phi) is 5.96. The van der Waals surface area contributed by atoms with Gasteiger partial charge in [0, 0.05) is 25.9 Å². The van der Waals surface area contributed by atoms with Crippen molar-refractivity contribution in [2.75, 3.05) is 26.4 Å². The average Bonchev–Trinajstić information content (AvgIpc) is 2.89. The van der Waals surface area contributed by atoms with Gasteiger partial charge in [-0.3, -0.25) is 0 Å². The monoisotopic (exact) mass is 372 g/mol. The number of rotatable bonds is 4. The zero-order valence-electron chi connectivity index (χ0n) is 12.1. The first-order valence-corrected chi connectivity index (χ1v) is 9.65. The van der Waals surface area contributed by atoms with Gasteiger partial charge in [-0.2, -0.15) is 4.31 Å². The van der Waals surface area contributed by atoms with Crippen LogP contribution in [-0.2, 0) is 19.9 Å². The van der Waals surface area contributed by atoms with E-state index in [-0.39, 0.29) is 23.3 Å². The van der Waals surface area contributed by atoms with Crippen molar-refractivity contribution >= 4 is 32.3 Å². The normalized spacial score (nSPS) is 19.2. The van der Waals surface area contributed by atoms with Gasteiger partial charge in [0.1, 0.15) is 10.7 Å². The SMILES string of the molecule is CN(C1CCNC1)S(=O)(=O)c1ccc(S(C)(=O)=O)c(F)c1.Cl. The molecule has 1 heterocycles. The van der Waals surface area contributed by atoms with Crippen LogP contribution in [0.2, 0.25) is 0 Å². The molecule has 0 spiro atoms. The van der Waals surface area contributed by atoms with E-state index in [9.17, 15) is 21.2 Å². The molecule has 1 aromatic carbocycles. The van der Waals surface area contributed by atoms with Crippen molar-refractivity contribution in [1.29, 1.82) is 0 Å². The van der Waals surface area contributed by atoms with E-state index >= 15 is 0 Å². The van der Waals surface area contributed by atoms with Crippen LogP contribution in [0.1, 0.15) is 6.42 Å². The molecular weight excluding hydrogens is 355 g/mol. The van der Waals surface area contributed by atoms with Crippen LogP contribution in [0, 0.1) is 5.82 Å². The van der Waals surface area contributed by atoms with E-state index < -0.39 is 30.6 Å². The van der Waals surface area contributed by atoms with Gasteiger partial charge in [0.05, 0.1) is 4.90 Å². The van der Waals surface area contributed by atoms with Gasteiger partial charge in [-0.15, -0.1) is 12.4 Å². The van der Waals surface area contributed by atoms with Gasteiger partial charge in [0.2, 0.25) is 10.0 Å². The average molecular weight is 373 g/mol. The molecule has 1 atom stereocenters. The van der Waals surface area contributed by atoms with Gasteiger partial charge < -0.3 is 5.32 Å². The molecule has 0 aromatic heterocycles. The fourth-order valence-electron chi connectivity index (χ4n) is 2.26. The Morgan fingerprint density at radius 1 is 1.27 bits per heavy atom. The molecule has 0 radical (unpaired) electrons. The minimum atomic E-state index is -3.85. The summed E-state index contributed by atoms with van der Waals surface area (Å²) in [6.45, 7) is 1.27. The molecule has 1 aliphatic heterocycles. The Balaban J connectivity index is 0.00000242. The van der Waals surface area contributed by atoms with Crippen molar-refractivity contribution in [3.8, 4) is 0 Å². The fraction of sp³-hybridized carbons (Fsp3) is 0.500. The first kappa shape index (κ1) is 19.3. The minimum absolute atomic E-state index is 0. The molecule has 1 aromatic rings. The molecular formula is C12H18ClFN2O4S2. The second-order valence-corrected chi connectivity index (χ2v) is 9.01. The van der Waals surface area contributed by atoms with Crippen LogP contribution in [0.5, 0.6) is 0 Å². The molecule has 0 saturated carbocycles. The molecule has 0 bridgehead atoms. The number of benzene rings is 1. The third-order valence-corrected chi connectivity index (χ3v) is 6.56. The van der Waals surface area contributed by atoms with Gasteiger partial charge in [-0.1, -0.05) is 0 Å². The molecule has 1 unspecified atom stereocenters. The second kappa shape index (κ2) is 6.79. The summed E-state index contributed by atoms with van der Waals surface area (Å²) in [6.07, 6.45) is 1.55. The van der Waals surface area contributed by atoms with E-state index in [1.165, 1.54) is 11.4 Å². The van der Waals surface area contributed by atoms with Gasteiger partial charge in [-0.05, 0) is 31.2 Å². The maximum atomic E-state index is 13.8. The third-order valence-electron chi connectivity index (χ3n) is 3.53. The minimum Gasteiger partial charge on any atom is -0.315 e. The predicted octanol–water partition coefficient (Wildman–Crippen LogP) is 0.633. The highest BCUT2D eigenvalue weighted by Crippen LogP contribution is 2.23. The van der Waals surface area contributed by atoms with Crippen molar-refractivity contribution in [2.45, 2.75) is 22.3 Å². The van der Waals surface area contributed by atoms with E-state index in [2.05, 4.69) is 5.32 Å². The molecule has 22 heavy (non-hydrogen) atoms. The largest absolute Gasteiger partial charge is 0.315 e. The first-order chi connectivity index (χ1) is 9.64. The summed E-state index contributed by atoms with van der Waals surface area (Å²) in [6, 6.07) is 2.67. The zero-order chi connectivity index (χ0) is 15.8. The highest BCUT2D eigenvalue weighted by Gasteiger charge is 2.30. The van der Waals surface area contributed by atoms with Crippen molar-refractivity contribution in [1.82, 2.24) is 9.62 Å². The maximum Gasteiger partial charge on any atom is 0.243 e. The van der Waals surface area contributed by atoms with Crippen LogP contribution in [0.15, 0.2) is 28.0 Å². The lowest BCUT2D eigenvalue weighted by atomic mass is 10.3. The van der Waals surface area contributed by atoms with Gasteiger partial charge in [0.25, 0.3) is 0 Å². The summed E-state index contributed by atoms with van der Waals surface area (Å²) in [5.41, 5.74) is 0. The van der Waals surface area contributed by atoms with Crippen molar-refractivity contribution in [3.05, 3.63) is 24.0 Å². The summed E-state index contributed by atoms with van der Waals surface area (Å²) in [5, 5.41) is 3.06. The van der Waals surface area contributed by atoms with Gasteiger partial charge in [-0.25, -0.2) is 21.2 Å². The summed E-state index contributed by atoms with van der Waals surface area (Å²) in [4.78, 5) is -0.756. The lowest BCUT2D eigenvalue weighted by Gasteiger charge is -2.23. The topological polar surface area (TPSA) is 83.6 Å². The van der Waals surface area contributed by atoms with E-state index in [0.29, 0.717) is 13.0 Å². The molecule has 1 N–H and O–H groups in total. The first-order valence-electron chi connectivity index (χ1n) is 6.32. The maximum absolute atomic E-state index is 13.8. The van der Waals surface area contributed by atoms with E-state index in [1.807, 2.05) is 0 Å². The lowest BCUT2D eigenvalue weighted by Crippen LogP contribution is -2.38. The summed E-state index contributed by atoms with van der Waals surface area (Å²) in [5.74, 6) is -1.06. The second-order valence-electron chi connectivity index (χ2n) is 5.03. The van der Waals surface area contributed by atoms with Crippen molar-refractivity contribution in [2.24, 2.45) is 0 Å². The Morgan fingerprint density at radius 2 is 1.91 bits per heavy atom. The number of hydrogen-bond acceptors (Lipinski definition) is 5. The number of nitrogens with one attached hydrogen (secondary N) is 1. The Morgan fingerprint density at radius 3 is 2.36 bits per heavy atom. The van der Waals surface area contributed by atoms with E-state index in [1.54, 1.807) is 0 Å². The van der Waals surface area contributed by atoms with Crippen LogP contribution in [0.4, 0.5) is 4.39 Å². The molecule has 1 aliphatic rings.